The van der Waals surface area contributed by atoms with Gasteiger partial charge >= 0.3 is 11.9 Å². The summed E-state index contributed by atoms with van der Waals surface area (Å²) in [6, 6.07) is 19.5. The Bertz CT molecular complexity index is 1940. The second-order valence-electron chi connectivity index (χ2n) is 10.3. The van der Waals surface area contributed by atoms with Crippen molar-refractivity contribution >= 4 is 29.4 Å². The lowest BCUT2D eigenvalue weighted by molar-refractivity contribution is -0.139. The van der Waals surface area contributed by atoms with Gasteiger partial charge in [-0.3, -0.25) is 9.36 Å². The van der Waals surface area contributed by atoms with E-state index in [9.17, 15) is 14.4 Å². The highest BCUT2D eigenvalue weighted by Gasteiger charge is 2.33. The van der Waals surface area contributed by atoms with Crippen molar-refractivity contribution < 1.29 is 28.5 Å². The predicted molar refractivity (Wildman–Crippen MR) is 171 cm³/mol. The monoisotopic (exact) mass is 626 g/mol. The number of benzene rings is 3. The minimum absolute atomic E-state index is 0.212. The topological polar surface area (TPSA) is 105 Å². The molecule has 0 spiro atoms. The molecular formula is C35H34N2O7S. The van der Waals surface area contributed by atoms with E-state index in [-0.39, 0.29) is 24.7 Å². The molecule has 45 heavy (non-hydrogen) atoms. The van der Waals surface area contributed by atoms with E-state index in [1.807, 2.05) is 49.4 Å². The van der Waals surface area contributed by atoms with Crippen LogP contribution in [-0.2, 0) is 20.9 Å². The van der Waals surface area contributed by atoms with Gasteiger partial charge < -0.3 is 18.9 Å². The third-order valence-electron chi connectivity index (χ3n) is 7.25. The molecule has 1 aliphatic heterocycles. The summed E-state index contributed by atoms with van der Waals surface area (Å²) >= 11 is 1.26. The Labute approximate surface area is 264 Å². The number of aryl methyl sites for hydroxylation is 1. The summed E-state index contributed by atoms with van der Waals surface area (Å²) in [7, 11) is 1.55. The fraction of sp³-hybridized carbons (Fsp3) is 0.257. The van der Waals surface area contributed by atoms with E-state index in [1.165, 1.54) is 11.3 Å². The number of hydrogen-bond donors (Lipinski definition) is 0. The van der Waals surface area contributed by atoms with Crippen LogP contribution in [0.15, 0.2) is 87.8 Å². The van der Waals surface area contributed by atoms with Gasteiger partial charge in [0.05, 0.1) is 47.7 Å². The molecule has 9 nitrogen and oxygen atoms in total. The summed E-state index contributed by atoms with van der Waals surface area (Å²) in [6.07, 6.45) is 1.78. The molecule has 0 fully saturated rings. The number of ether oxygens (including phenoxy) is 4. The first-order valence-corrected chi connectivity index (χ1v) is 15.4. The van der Waals surface area contributed by atoms with Crippen molar-refractivity contribution in [2.24, 2.45) is 4.99 Å². The van der Waals surface area contributed by atoms with Crippen LogP contribution in [0, 0.1) is 6.92 Å². The van der Waals surface area contributed by atoms with E-state index < -0.39 is 12.0 Å². The fourth-order valence-electron chi connectivity index (χ4n) is 5.01. The minimum atomic E-state index is -0.667. The average Bonchev–Trinajstić information content (AvgIpc) is 3.34. The van der Waals surface area contributed by atoms with Gasteiger partial charge in [-0.15, -0.1) is 0 Å². The van der Waals surface area contributed by atoms with Crippen LogP contribution in [0.4, 0.5) is 0 Å². The van der Waals surface area contributed by atoms with Crippen molar-refractivity contribution in [1.29, 1.82) is 0 Å². The number of carbonyl (C=O) groups excluding carboxylic acids is 2. The maximum Gasteiger partial charge on any atom is 0.338 e. The molecule has 0 N–H and O–H groups in total. The Morgan fingerprint density at radius 2 is 1.60 bits per heavy atom. The Morgan fingerprint density at radius 1 is 0.911 bits per heavy atom. The Morgan fingerprint density at radius 3 is 2.27 bits per heavy atom. The van der Waals surface area contributed by atoms with Gasteiger partial charge in [0, 0.05) is 0 Å². The third kappa shape index (κ3) is 6.76. The van der Waals surface area contributed by atoms with Crippen LogP contribution in [0.3, 0.4) is 0 Å². The van der Waals surface area contributed by atoms with Gasteiger partial charge in [0.2, 0.25) is 0 Å². The molecule has 3 aromatic carbocycles. The highest BCUT2D eigenvalue weighted by Crippen LogP contribution is 2.31. The highest BCUT2D eigenvalue weighted by atomic mass is 32.1. The summed E-state index contributed by atoms with van der Waals surface area (Å²) in [6.45, 7) is 8.06. The molecule has 0 unspecified atom stereocenters. The third-order valence-corrected chi connectivity index (χ3v) is 8.24. The zero-order chi connectivity index (χ0) is 32.1. The highest BCUT2D eigenvalue weighted by molar-refractivity contribution is 7.07. The van der Waals surface area contributed by atoms with Crippen molar-refractivity contribution in [1.82, 2.24) is 4.57 Å². The number of rotatable bonds is 10. The number of nitrogens with zero attached hydrogens (tertiary/aromatic N) is 2. The van der Waals surface area contributed by atoms with Crippen LogP contribution in [0.25, 0.3) is 6.08 Å². The maximum absolute atomic E-state index is 13.9. The zero-order valence-corrected chi connectivity index (χ0v) is 26.6. The smallest absolute Gasteiger partial charge is 0.338 e. The molecule has 0 aliphatic carbocycles. The molecule has 1 aliphatic rings. The molecule has 1 aromatic heterocycles. The van der Waals surface area contributed by atoms with Gasteiger partial charge in [0.15, 0.2) is 16.3 Å². The summed E-state index contributed by atoms with van der Waals surface area (Å²) in [4.78, 5) is 44.1. The Kier molecular flexibility index (Phi) is 9.63. The van der Waals surface area contributed by atoms with Crippen LogP contribution >= 0.6 is 11.3 Å². The van der Waals surface area contributed by atoms with Gasteiger partial charge in [-0.05, 0) is 74.7 Å². The van der Waals surface area contributed by atoms with E-state index in [2.05, 4.69) is 4.99 Å². The quantitative estimate of drug-likeness (QED) is 0.231. The molecule has 1 atom stereocenters. The van der Waals surface area contributed by atoms with Crippen LogP contribution in [0.1, 0.15) is 59.4 Å². The molecule has 0 bridgehead atoms. The Hall–Kier alpha value is -4.96. The lowest BCUT2D eigenvalue weighted by Gasteiger charge is -2.24. The number of carbonyl (C=O) groups is 2. The standard InChI is InChI=1S/C35H34N2O7S/c1-6-42-33(39)26-15-10-23(11-16-26)20-44-27-17-12-24(18-28(27)41-5)19-29-32(38)37-31(25-13-8-21(3)9-14-25)30(34(40)43-7-2)22(4)36-35(37)45-29/h8-19,31H,6-7,20H2,1-5H3/b29-19-/t31-/m1/s1. The first-order chi connectivity index (χ1) is 21.7. The Balaban J connectivity index is 1.45. The number of esters is 2. The number of thiazole rings is 1. The summed E-state index contributed by atoms with van der Waals surface area (Å²) in [5.74, 6) is 0.168. The van der Waals surface area contributed by atoms with Crippen molar-refractivity contribution in [3.8, 4) is 11.5 Å². The van der Waals surface area contributed by atoms with Crippen LogP contribution in [-0.4, -0.2) is 36.8 Å². The van der Waals surface area contributed by atoms with Gasteiger partial charge in [0.25, 0.3) is 5.56 Å². The number of aromatic nitrogens is 1. The lowest BCUT2D eigenvalue weighted by Crippen LogP contribution is -2.39. The second-order valence-corrected chi connectivity index (χ2v) is 11.3. The molecule has 10 heteroatoms. The minimum Gasteiger partial charge on any atom is -0.493 e. The first kappa shape index (κ1) is 31.5. The number of methoxy groups -OCH3 is 1. The van der Waals surface area contributed by atoms with Crippen molar-refractivity contribution in [2.75, 3.05) is 20.3 Å². The summed E-state index contributed by atoms with van der Waals surface area (Å²) in [5, 5.41) is 0. The van der Waals surface area contributed by atoms with Gasteiger partial charge in [-0.25, -0.2) is 14.6 Å². The number of allylic oxidation sites excluding steroid dienone is 1. The lowest BCUT2D eigenvalue weighted by atomic mass is 9.95. The van der Waals surface area contributed by atoms with E-state index in [0.29, 0.717) is 44.3 Å². The summed E-state index contributed by atoms with van der Waals surface area (Å²) in [5.41, 5.74) is 4.55. The molecule has 0 saturated heterocycles. The largest absolute Gasteiger partial charge is 0.493 e. The molecule has 4 aromatic rings. The maximum atomic E-state index is 13.9. The van der Waals surface area contributed by atoms with Gasteiger partial charge in [-0.2, -0.15) is 0 Å². The number of fused-ring (bicyclic) bond motifs is 1. The predicted octanol–water partition coefficient (Wildman–Crippen LogP) is 4.87. The SMILES string of the molecule is CCOC(=O)C1=C(C)N=c2s/c(=C\c3ccc(OCc4ccc(C(=O)OCC)cc4)c(OC)c3)c(=O)n2[C@@H]1c1ccc(C)cc1. The van der Waals surface area contributed by atoms with Crippen LogP contribution < -0.4 is 24.4 Å². The zero-order valence-electron chi connectivity index (χ0n) is 25.8. The van der Waals surface area contributed by atoms with Gasteiger partial charge in [0.1, 0.15) is 6.61 Å². The molecule has 0 saturated carbocycles. The molecule has 232 valence electrons. The summed E-state index contributed by atoms with van der Waals surface area (Å²) < 4.78 is 24.0. The van der Waals surface area contributed by atoms with E-state index in [0.717, 1.165) is 22.3 Å². The number of hydrogen-bond acceptors (Lipinski definition) is 9. The molecule has 0 amide bonds. The second kappa shape index (κ2) is 13.8. The van der Waals surface area contributed by atoms with Crippen LogP contribution in [0.2, 0.25) is 0 Å². The van der Waals surface area contributed by atoms with Crippen molar-refractivity contribution in [3.05, 3.63) is 126 Å². The molecule has 5 rings (SSSR count). The first-order valence-electron chi connectivity index (χ1n) is 14.6. The average molecular weight is 627 g/mol. The fourth-order valence-corrected chi connectivity index (χ4v) is 6.06. The normalized spacial score (nSPS) is 14.4. The van der Waals surface area contributed by atoms with Gasteiger partial charge in [-0.1, -0.05) is 59.4 Å². The van der Waals surface area contributed by atoms with Crippen LogP contribution in [0.5, 0.6) is 11.5 Å². The van der Waals surface area contributed by atoms with Crippen molar-refractivity contribution in [2.45, 2.75) is 40.3 Å². The van der Waals surface area contributed by atoms with E-state index in [1.54, 1.807) is 62.8 Å². The van der Waals surface area contributed by atoms with Crippen molar-refractivity contribution in [3.63, 3.8) is 0 Å². The molecular weight excluding hydrogens is 592 g/mol. The van der Waals surface area contributed by atoms with E-state index >= 15 is 0 Å². The molecule has 0 radical (unpaired) electrons. The van der Waals surface area contributed by atoms with E-state index in [4.69, 9.17) is 18.9 Å². The molecule has 2 heterocycles.